The lowest BCUT2D eigenvalue weighted by Crippen LogP contribution is -2.17. The van der Waals surface area contributed by atoms with Crippen molar-refractivity contribution in [1.29, 1.82) is 0 Å². The zero-order valence-corrected chi connectivity index (χ0v) is 14.3. The van der Waals surface area contributed by atoms with Crippen LogP contribution in [0.2, 0.25) is 0 Å². The van der Waals surface area contributed by atoms with Crippen molar-refractivity contribution in [2.75, 3.05) is 0 Å². The van der Waals surface area contributed by atoms with E-state index in [1.807, 2.05) is 54.6 Å². The Morgan fingerprint density at radius 2 is 1.59 bits per heavy atom. The maximum absolute atomic E-state index is 13.2. The number of para-hydroxylation sites is 1. The number of benzene rings is 2. The fraction of sp³-hybridized carbons (Fsp3) is 0. The summed E-state index contributed by atoms with van der Waals surface area (Å²) in [6.45, 7) is 0. The number of pyridine rings is 1. The number of aromatic amines is 1. The number of nitrogens with zero attached hydrogens (tertiary/aromatic N) is 1. The summed E-state index contributed by atoms with van der Waals surface area (Å²) in [6.07, 6.45) is 2.95. The van der Waals surface area contributed by atoms with E-state index < -0.39 is 0 Å². The fourth-order valence-corrected chi connectivity index (χ4v) is 3.62. The SMILES string of the molecule is O=C1C(c2c(-c3ccccc3)[nH]c3ccccc23)=CC(=O)c2ncccc21. The van der Waals surface area contributed by atoms with Gasteiger partial charge in [-0.3, -0.25) is 14.6 Å². The summed E-state index contributed by atoms with van der Waals surface area (Å²) >= 11 is 0. The van der Waals surface area contributed by atoms with E-state index in [4.69, 9.17) is 0 Å². The molecule has 0 saturated carbocycles. The first-order valence-electron chi connectivity index (χ1n) is 8.66. The van der Waals surface area contributed by atoms with E-state index in [-0.39, 0.29) is 17.3 Å². The molecule has 1 aliphatic rings. The number of hydrogen-bond donors (Lipinski definition) is 1. The van der Waals surface area contributed by atoms with Gasteiger partial charge < -0.3 is 4.98 Å². The molecule has 0 radical (unpaired) electrons. The van der Waals surface area contributed by atoms with Crippen LogP contribution in [0.4, 0.5) is 0 Å². The van der Waals surface area contributed by atoms with Gasteiger partial charge in [-0.2, -0.15) is 0 Å². The van der Waals surface area contributed by atoms with Gasteiger partial charge in [0.1, 0.15) is 5.69 Å². The van der Waals surface area contributed by atoms with Crippen LogP contribution in [-0.4, -0.2) is 21.5 Å². The molecule has 2 heterocycles. The average Bonchev–Trinajstić information content (AvgIpc) is 3.11. The number of fused-ring (bicyclic) bond motifs is 2. The van der Waals surface area contributed by atoms with Crippen molar-refractivity contribution in [3.8, 4) is 11.3 Å². The third-order valence-electron chi connectivity index (χ3n) is 4.84. The van der Waals surface area contributed by atoms with Gasteiger partial charge in [-0.15, -0.1) is 0 Å². The van der Waals surface area contributed by atoms with Crippen molar-refractivity contribution >= 4 is 28.0 Å². The minimum atomic E-state index is -0.246. The van der Waals surface area contributed by atoms with Crippen LogP contribution in [-0.2, 0) is 0 Å². The Morgan fingerprint density at radius 3 is 2.44 bits per heavy atom. The zero-order chi connectivity index (χ0) is 18.4. The number of carbonyl (C=O) groups excluding carboxylic acids is 2. The van der Waals surface area contributed by atoms with Crippen molar-refractivity contribution in [1.82, 2.24) is 9.97 Å². The highest BCUT2D eigenvalue weighted by Crippen LogP contribution is 2.38. The summed E-state index contributed by atoms with van der Waals surface area (Å²) in [5, 5.41) is 0.913. The summed E-state index contributed by atoms with van der Waals surface area (Å²) in [6, 6.07) is 21.0. The Kier molecular flexibility index (Phi) is 3.37. The first-order chi connectivity index (χ1) is 13.2. The number of Topliss-reactive ketones (excluding diaryl/α,β-unsaturated/α-hetero) is 1. The van der Waals surface area contributed by atoms with E-state index in [0.29, 0.717) is 11.1 Å². The molecular formula is C23H14N2O2. The molecule has 0 unspecified atom stereocenters. The zero-order valence-electron chi connectivity index (χ0n) is 14.3. The number of carbonyl (C=O) groups is 2. The Bertz CT molecular complexity index is 1250. The molecule has 0 spiro atoms. The molecule has 1 aliphatic carbocycles. The monoisotopic (exact) mass is 350 g/mol. The van der Waals surface area contributed by atoms with Gasteiger partial charge in [-0.25, -0.2) is 0 Å². The van der Waals surface area contributed by atoms with Crippen molar-refractivity contribution in [2.45, 2.75) is 0 Å². The van der Waals surface area contributed by atoms with E-state index in [2.05, 4.69) is 9.97 Å². The second-order valence-electron chi connectivity index (χ2n) is 6.44. The molecule has 2 aromatic heterocycles. The third kappa shape index (κ3) is 2.34. The fourth-order valence-electron chi connectivity index (χ4n) is 3.62. The maximum atomic E-state index is 13.2. The molecule has 0 aliphatic heterocycles. The van der Waals surface area contributed by atoms with Crippen molar-refractivity contribution in [2.24, 2.45) is 0 Å². The van der Waals surface area contributed by atoms with Gasteiger partial charge >= 0.3 is 0 Å². The highest BCUT2D eigenvalue weighted by atomic mass is 16.1. The summed E-state index contributed by atoms with van der Waals surface area (Å²) in [4.78, 5) is 33.3. The van der Waals surface area contributed by atoms with Crippen LogP contribution in [0.1, 0.15) is 26.4 Å². The summed E-state index contributed by atoms with van der Waals surface area (Å²) in [7, 11) is 0. The molecule has 0 amide bonds. The van der Waals surface area contributed by atoms with Crippen LogP contribution in [0.3, 0.4) is 0 Å². The Labute approximate surface area is 155 Å². The van der Waals surface area contributed by atoms with Crippen molar-refractivity contribution in [3.63, 3.8) is 0 Å². The van der Waals surface area contributed by atoms with Crippen LogP contribution in [0.15, 0.2) is 79.0 Å². The Hall–Kier alpha value is -3.79. The van der Waals surface area contributed by atoms with Gasteiger partial charge in [-0.1, -0.05) is 48.5 Å². The van der Waals surface area contributed by atoms with Gasteiger partial charge in [0.15, 0.2) is 5.78 Å². The molecule has 4 heteroatoms. The predicted octanol–water partition coefficient (Wildman–Crippen LogP) is 4.69. The van der Waals surface area contributed by atoms with Crippen LogP contribution in [0.25, 0.3) is 27.7 Å². The molecular weight excluding hydrogens is 336 g/mol. The normalized spacial score (nSPS) is 13.6. The average molecular weight is 350 g/mol. The van der Waals surface area contributed by atoms with E-state index in [1.165, 1.54) is 12.3 Å². The van der Waals surface area contributed by atoms with Gasteiger partial charge in [0.05, 0.1) is 11.3 Å². The number of allylic oxidation sites excluding steroid dienone is 2. The minimum Gasteiger partial charge on any atom is -0.354 e. The van der Waals surface area contributed by atoms with Crippen molar-refractivity contribution < 1.29 is 9.59 Å². The summed E-state index contributed by atoms with van der Waals surface area (Å²) in [5.41, 5.74) is 4.43. The Morgan fingerprint density at radius 1 is 0.815 bits per heavy atom. The number of aromatic nitrogens is 2. The van der Waals surface area contributed by atoms with Crippen molar-refractivity contribution in [3.05, 3.63) is 95.8 Å². The van der Waals surface area contributed by atoms with Gasteiger partial charge in [0.2, 0.25) is 5.78 Å². The van der Waals surface area contributed by atoms with E-state index in [1.54, 1.807) is 12.1 Å². The van der Waals surface area contributed by atoms with Crippen LogP contribution in [0, 0.1) is 0 Å². The first-order valence-corrected chi connectivity index (χ1v) is 8.66. The number of hydrogen-bond acceptors (Lipinski definition) is 3. The second kappa shape index (κ2) is 5.88. The Balaban J connectivity index is 1.81. The standard InChI is InChI=1S/C23H14N2O2/c26-19-13-17(23(27)16-10-6-12-24-22(16)19)20-15-9-4-5-11-18(15)25-21(20)14-7-2-1-3-8-14/h1-13,25H. The van der Waals surface area contributed by atoms with E-state index in [0.717, 1.165) is 27.7 Å². The quantitative estimate of drug-likeness (QED) is 0.570. The molecule has 5 rings (SSSR count). The first kappa shape index (κ1) is 15.5. The van der Waals surface area contributed by atoms with Gasteiger partial charge in [-0.05, 0) is 29.8 Å². The summed E-state index contributed by atoms with van der Waals surface area (Å²) in [5.74, 6) is -0.427. The van der Waals surface area contributed by atoms with Crippen LogP contribution >= 0.6 is 0 Å². The molecule has 1 N–H and O–H groups in total. The number of H-pyrrole nitrogens is 1. The molecule has 4 nitrogen and oxygen atoms in total. The molecule has 0 saturated heterocycles. The number of rotatable bonds is 2. The molecule has 27 heavy (non-hydrogen) atoms. The predicted molar refractivity (Wildman–Crippen MR) is 105 cm³/mol. The largest absolute Gasteiger partial charge is 0.354 e. The number of ketones is 2. The molecule has 4 aromatic rings. The molecule has 128 valence electrons. The van der Waals surface area contributed by atoms with Gasteiger partial charge in [0, 0.05) is 28.2 Å². The smallest absolute Gasteiger partial charge is 0.205 e. The third-order valence-corrected chi connectivity index (χ3v) is 4.84. The topological polar surface area (TPSA) is 62.8 Å². The summed E-state index contributed by atoms with van der Waals surface area (Å²) < 4.78 is 0. The maximum Gasteiger partial charge on any atom is 0.205 e. The van der Waals surface area contributed by atoms with Crippen LogP contribution in [0.5, 0.6) is 0 Å². The lowest BCUT2D eigenvalue weighted by molar-refractivity contribution is 0.0998. The molecule has 0 bridgehead atoms. The number of nitrogens with one attached hydrogen (secondary N) is 1. The highest BCUT2D eigenvalue weighted by Gasteiger charge is 2.30. The van der Waals surface area contributed by atoms with E-state index >= 15 is 0 Å². The molecule has 0 atom stereocenters. The second-order valence-corrected chi connectivity index (χ2v) is 6.44. The molecule has 2 aromatic carbocycles. The highest BCUT2D eigenvalue weighted by molar-refractivity contribution is 6.40. The molecule has 0 fully saturated rings. The lowest BCUT2D eigenvalue weighted by atomic mass is 9.86. The van der Waals surface area contributed by atoms with E-state index in [9.17, 15) is 9.59 Å². The van der Waals surface area contributed by atoms with Crippen LogP contribution < -0.4 is 0 Å². The van der Waals surface area contributed by atoms with Gasteiger partial charge in [0.25, 0.3) is 0 Å². The minimum absolute atomic E-state index is 0.181. The lowest BCUT2D eigenvalue weighted by Gasteiger charge is -2.15.